The quantitative estimate of drug-likeness (QED) is 0.808. The summed E-state index contributed by atoms with van der Waals surface area (Å²) < 4.78 is 28.3. The number of nitrogens with zero attached hydrogens (tertiary/aromatic N) is 2. The minimum absolute atomic E-state index is 0.144. The number of amides is 1. The van der Waals surface area contributed by atoms with Crippen LogP contribution in [0.2, 0.25) is 0 Å². The van der Waals surface area contributed by atoms with Crippen LogP contribution in [0.15, 0.2) is 22.8 Å². The Morgan fingerprint density at radius 2 is 2.05 bits per heavy atom. The SMILES string of the molecule is O=C(CCc1ccco1)N1CCN([C@H]2CCS(=O)(=O)C2)CC1. The molecule has 7 heteroatoms. The lowest BCUT2D eigenvalue weighted by Gasteiger charge is -2.37. The first-order valence-electron chi connectivity index (χ1n) is 7.78. The van der Waals surface area contributed by atoms with Gasteiger partial charge in [0.1, 0.15) is 5.76 Å². The molecule has 1 amide bonds. The second kappa shape index (κ2) is 6.42. The lowest BCUT2D eigenvalue weighted by Crippen LogP contribution is -2.52. The van der Waals surface area contributed by atoms with Crippen molar-refractivity contribution in [2.45, 2.75) is 25.3 Å². The van der Waals surface area contributed by atoms with Crippen LogP contribution in [0.5, 0.6) is 0 Å². The molecule has 6 nitrogen and oxygen atoms in total. The molecule has 0 aromatic carbocycles. The number of hydrogen-bond donors (Lipinski definition) is 0. The number of hydrogen-bond acceptors (Lipinski definition) is 5. The van der Waals surface area contributed by atoms with E-state index in [2.05, 4.69) is 4.90 Å². The summed E-state index contributed by atoms with van der Waals surface area (Å²) in [5.41, 5.74) is 0. The van der Waals surface area contributed by atoms with Crippen molar-refractivity contribution in [2.75, 3.05) is 37.7 Å². The van der Waals surface area contributed by atoms with E-state index in [0.717, 1.165) is 25.3 Å². The third-order valence-corrected chi connectivity index (χ3v) is 6.31. The van der Waals surface area contributed by atoms with Gasteiger partial charge in [0.25, 0.3) is 0 Å². The van der Waals surface area contributed by atoms with Gasteiger partial charge in [-0.3, -0.25) is 9.69 Å². The summed E-state index contributed by atoms with van der Waals surface area (Å²) in [5.74, 6) is 1.57. The largest absolute Gasteiger partial charge is 0.469 e. The van der Waals surface area contributed by atoms with Gasteiger partial charge in [-0.05, 0) is 18.6 Å². The van der Waals surface area contributed by atoms with E-state index in [4.69, 9.17) is 4.42 Å². The van der Waals surface area contributed by atoms with Crippen LogP contribution in [0.4, 0.5) is 0 Å². The van der Waals surface area contributed by atoms with Gasteiger partial charge < -0.3 is 9.32 Å². The Morgan fingerprint density at radius 3 is 2.64 bits per heavy atom. The topological polar surface area (TPSA) is 70.8 Å². The summed E-state index contributed by atoms with van der Waals surface area (Å²) in [6.45, 7) is 2.92. The zero-order chi connectivity index (χ0) is 15.6. The molecular formula is C15H22N2O4S. The molecule has 0 spiro atoms. The third-order valence-electron chi connectivity index (χ3n) is 4.56. The highest BCUT2D eigenvalue weighted by Crippen LogP contribution is 2.19. The number of carbonyl (C=O) groups is 1. The fraction of sp³-hybridized carbons (Fsp3) is 0.667. The Kier molecular flexibility index (Phi) is 4.54. The zero-order valence-electron chi connectivity index (χ0n) is 12.6. The van der Waals surface area contributed by atoms with Crippen LogP contribution in [0.1, 0.15) is 18.6 Å². The Morgan fingerprint density at radius 1 is 1.27 bits per heavy atom. The Hall–Kier alpha value is -1.34. The molecule has 3 heterocycles. The van der Waals surface area contributed by atoms with Crippen molar-refractivity contribution in [2.24, 2.45) is 0 Å². The monoisotopic (exact) mass is 326 g/mol. The van der Waals surface area contributed by atoms with Crippen LogP contribution in [0.25, 0.3) is 0 Å². The van der Waals surface area contributed by atoms with E-state index in [1.165, 1.54) is 0 Å². The molecule has 0 unspecified atom stereocenters. The summed E-state index contributed by atoms with van der Waals surface area (Å²) in [6.07, 6.45) is 3.45. The van der Waals surface area contributed by atoms with E-state index in [9.17, 15) is 13.2 Å². The van der Waals surface area contributed by atoms with Crippen molar-refractivity contribution in [3.8, 4) is 0 Å². The van der Waals surface area contributed by atoms with Gasteiger partial charge in [0.15, 0.2) is 9.84 Å². The van der Waals surface area contributed by atoms with Crippen LogP contribution >= 0.6 is 0 Å². The van der Waals surface area contributed by atoms with Gasteiger partial charge >= 0.3 is 0 Å². The van der Waals surface area contributed by atoms with Gasteiger partial charge in [0.2, 0.25) is 5.91 Å². The Balaban J connectivity index is 1.44. The fourth-order valence-corrected chi connectivity index (χ4v) is 5.00. The molecule has 1 aromatic heterocycles. The molecule has 0 bridgehead atoms. The number of sulfone groups is 1. The molecule has 22 heavy (non-hydrogen) atoms. The molecule has 0 N–H and O–H groups in total. The average molecular weight is 326 g/mol. The highest BCUT2D eigenvalue weighted by atomic mass is 32.2. The smallest absolute Gasteiger partial charge is 0.223 e. The van der Waals surface area contributed by atoms with Crippen LogP contribution in [0, 0.1) is 0 Å². The predicted octanol–water partition coefficient (Wildman–Crippen LogP) is 0.543. The summed E-state index contributed by atoms with van der Waals surface area (Å²) in [5, 5.41) is 0. The van der Waals surface area contributed by atoms with Crippen molar-refractivity contribution in [3.05, 3.63) is 24.2 Å². The van der Waals surface area contributed by atoms with Crippen LogP contribution in [0.3, 0.4) is 0 Å². The highest BCUT2D eigenvalue weighted by Gasteiger charge is 2.34. The van der Waals surface area contributed by atoms with Gasteiger partial charge in [-0.2, -0.15) is 0 Å². The predicted molar refractivity (Wildman–Crippen MR) is 82.2 cm³/mol. The maximum absolute atomic E-state index is 12.2. The molecule has 0 radical (unpaired) electrons. The molecule has 2 aliphatic heterocycles. The van der Waals surface area contributed by atoms with Crippen molar-refractivity contribution >= 4 is 15.7 Å². The molecular weight excluding hydrogens is 304 g/mol. The van der Waals surface area contributed by atoms with Crippen molar-refractivity contribution < 1.29 is 17.6 Å². The molecule has 3 rings (SSSR count). The minimum atomic E-state index is -2.84. The van der Waals surface area contributed by atoms with Gasteiger partial charge in [0.05, 0.1) is 17.8 Å². The Bertz CT molecular complexity index is 603. The highest BCUT2D eigenvalue weighted by molar-refractivity contribution is 7.91. The maximum Gasteiger partial charge on any atom is 0.223 e. The maximum atomic E-state index is 12.2. The van der Waals surface area contributed by atoms with Crippen LogP contribution < -0.4 is 0 Å². The van der Waals surface area contributed by atoms with E-state index < -0.39 is 9.84 Å². The number of furan rings is 1. The van der Waals surface area contributed by atoms with Crippen molar-refractivity contribution in [3.63, 3.8) is 0 Å². The summed E-state index contributed by atoms with van der Waals surface area (Å²) >= 11 is 0. The first-order valence-corrected chi connectivity index (χ1v) is 9.60. The number of aryl methyl sites for hydroxylation is 1. The molecule has 2 aliphatic rings. The van der Waals surface area contributed by atoms with Gasteiger partial charge in [-0.25, -0.2) is 8.42 Å². The van der Waals surface area contributed by atoms with Gasteiger partial charge in [0, 0.05) is 45.1 Å². The normalized spacial score (nSPS) is 25.5. The number of rotatable bonds is 4. The lowest BCUT2D eigenvalue weighted by atomic mass is 10.1. The molecule has 122 valence electrons. The van der Waals surface area contributed by atoms with E-state index >= 15 is 0 Å². The van der Waals surface area contributed by atoms with E-state index in [-0.39, 0.29) is 17.7 Å². The standard InChI is InChI=1S/C15H22N2O4S/c18-15(4-3-14-2-1-10-21-14)17-8-6-16(7-9-17)13-5-11-22(19,20)12-13/h1-2,10,13H,3-9,11-12H2/t13-/m0/s1. The first-order chi connectivity index (χ1) is 10.5. The van der Waals surface area contributed by atoms with E-state index in [1.54, 1.807) is 6.26 Å². The molecule has 1 aromatic rings. The summed E-state index contributed by atoms with van der Waals surface area (Å²) in [4.78, 5) is 16.3. The molecule has 2 fully saturated rings. The minimum Gasteiger partial charge on any atom is -0.469 e. The Labute approximate surface area is 131 Å². The number of carbonyl (C=O) groups excluding carboxylic acids is 1. The fourth-order valence-electron chi connectivity index (χ4n) is 3.24. The molecule has 0 aliphatic carbocycles. The zero-order valence-corrected chi connectivity index (χ0v) is 13.4. The van der Waals surface area contributed by atoms with Gasteiger partial charge in [-0.1, -0.05) is 0 Å². The summed E-state index contributed by atoms with van der Waals surface area (Å²) in [6, 6.07) is 3.85. The molecule has 2 saturated heterocycles. The van der Waals surface area contributed by atoms with E-state index in [0.29, 0.717) is 31.7 Å². The van der Waals surface area contributed by atoms with Crippen molar-refractivity contribution in [1.82, 2.24) is 9.80 Å². The van der Waals surface area contributed by atoms with Crippen molar-refractivity contribution in [1.29, 1.82) is 0 Å². The van der Waals surface area contributed by atoms with Gasteiger partial charge in [-0.15, -0.1) is 0 Å². The second-order valence-corrected chi connectivity index (χ2v) is 8.28. The second-order valence-electron chi connectivity index (χ2n) is 6.05. The van der Waals surface area contributed by atoms with E-state index in [1.807, 2.05) is 17.0 Å². The third kappa shape index (κ3) is 3.70. The molecule has 1 atom stereocenters. The molecule has 0 saturated carbocycles. The lowest BCUT2D eigenvalue weighted by molar-refractivity contribution is -0.133. The number of piperazine rings is 1. The van der Waals surface area contributed by atoms with Crippen LogP contribution in [-0.4, -0.2) is 67.9 Å². The first kappa shape index (κ1) is 15.6. The summed E-state index contributed by atoms with van der Waals surface area (Å²) in [7, 11) is -2.84. The average Bonchev–Trinajstić information content (AvgIpc) is 3.14. The van der Waals surface area contributed by atoms with Crippen LogP contribution in [-0.2, 0) is 21.1 Å².